The number of pyridine rings is 3. The molecule has 1 amide bonds. The Hall–Kier alpha value is -3.59. The number of aromatic nitrogens is 3. The average molecular weight is 535 g/mol. The van der Waals surface area contributed by atoms with Crippen LogP contribution in [0.1, 0.15) is 58.9 Å². The molecule has 1 unspecified atom stereocenters. The number of carbonyl (C=O) groups excluding carboxylic acids is 1. The maximum absolute atomic E-state index is 13.5. The van der Waals surface area contributed by atoms with Gasteiger partial charge in [0.25, 0.3) is 5.91 Å². The summed E-state index contributed by atoms with van der Waals surface area (Å²) in [7, 11) is 1.65. The number of nitrogens with one attached hydrogen (secondary N) is 1. The molecule has 1 atom stereocenters. The van der Waals surface area contributed by atoms with E-state index in [-0.39, 0.29) is 5.91 Å². The van der Waals surface area contributed by atoms with Crippen LogP contribution in [-0.4, -0.2) is 64.6 Å². The molecule has 1 N–H and O–H groups in total. The van der Waals surface area contributed by atoms with Crippen LogP contribution >= 0.6 is 0 Å². The molecule has 1 aliphatic heterocycles. The second-order valence-electron chi connectivity index (χ2n) is 10.4. The number of nitrogens with zero attached hydrogens (tertiary/aromatic N) is 5. The number of rotatable bonds is 10. The lowest BCUT2D eigenvalue weighted by atomic mass is 9.99. The van der Waals surface area contributed by atoms with Gasteiger partial charge in [0.15, 0.2) is 0 Å². The van der Waals surface area contributed by atoms with Gasteiger partial charge in [0.1, 0.15) is 11.6 Å². The van der Waals surface area contributed by atoms with Crippen molar-refractivity contribution in [2.45, 2.75) is 65.6 Å². The molecule has 3 aromatic rings. The Labute approximate surface area is 230 Å². The first-order chi connectivity index (χ1) is 18.8. The van der Waals surface area contributed by atoms with E-state index in [2.05, 4.69) is 38.9 Å². The number of carbonyl (C=O) groups is 1. The van der Waals surface area contributed by atoms with Crippen LogP contribution in [0.4, 0.5) is 10.2 Å². The number of amides is 1. The van der Waals surface area contributed by atoms with Crippen LogP contribution < -0.4 is 15.0 Å². The quantitative estimate of drug-likeness (QED) is 0.380. The molecule has 0 aliphatic carbocycles. The number of piperidine rings is 1. The summed E-state index contributed by atoms with van der Waals surface area (Å²) in [4.78, 5) is 30.5. The van der Waals surface area contributed by atoms with Crippen molar-refractivity contribution in [3.05, 3.63) is 76.8 Å². The number of anilines is 1. The first-order valence-corrected chi connectivity index (χ1v) is 13.6. The summed E-state index contributed by atoms with van der Waals surface area (Å²) in [6, 6.07) is 8.02. The first kappa shape index (κ1) is 28.4. The maximum atomic E-state index is 13.5. The molecule has 8 nitrogen and oxygen atoms in total. The van der Waals surface area contributed by atoms with E-state index in [1.165, 1.54) is 17.2 Å². The molecular weight excluding hydrogens is 495 g/mol. The summed E-state index contributed by atoms with van der Waals surface area (Å²) >= 11 is 0. The lowest BCUT2D eigenvalue weighted by Crippen LogP contribution is -2.48. The maximum Gasteiger partial charge on any atom is 0.253 e. The predicted octanol–water partition coefficient (Wildman–Crippen LogP) is 4.62. The van der Waals surface area contributed by atoms with Gasteiger partial charge in [-0.3, -0.25) is 9.78 Å². The Kier molecular flexibility index (Phi) is 9.45. The van der Waals surface area contributed by atoms with E-state index in [1.54, 1.807) is 27.2 Å². The van der Waals surface area contributed by atoms with Crippen molar-refractivity contribution in [1.29, 1.82) is 0 Å². The van der Waals surface area contributed by atoms with E-state index < -0.39 is 5.95 Å². The minimum Gasteiger partial charge on any atom is -0.495 e. The van der Waals surface area contributed by atoms with Gasteiger partial charge in [-0.15, -0.1) is 0 Å². The average Bonchev–Trinajstić information content (AvgIpc) is 2.92. The fourth-order valence-corrected chi connectivity index (χ4v) is 5.34. The van der Waals surface area contributed by atoms with Crippen molar-refractivity contribution in [1.82, 2.24) is 25.2 Å². The van der Waals surface area contributed by atoms with Crippen molar-refractivity contribution in [2.75, 3.05) is 31.6 Å². The van der Waals surface area contributed by atoms with Crippen molar-refractivity contribution in [3.8, 4) is 5.75 Å². The Morgan fingerprint density at radius 2 is 1.95 bits per heavy atom. The molecule has 0 radical (unpaired) electrons. The minimum absolute atomic E-state index is 0.197. The molecule has 39 heavy (non-hydrogen) atoms. The largest absolute Gasteiger partial charge is 0.495 e. The summed E-state index contributed by atoms with van der Waals surface area (Å²) in [5, 5.41) is 3.00. The molecule has 4 rings (SSSR count). The third-order valence-corrected chi connectivity index (χ3v) is 7.74. The van der Waals surface area contributed by atoms with Gasteiger partial charge in [-0.1, -0.05) is 0 Å². The Balaban J connectivity index is 1.34. The summed E-state index contributed by atoms with van der Waals surface area (Å²) in [6.45, 7) is 11.0. The van der Waals surface area contributed by atoms with Crippen molar-refractivity contribution in [2.24, 2.45) is 0 Å². The van der Waals surface area contributed by atoms with Crippen LogP contribution in [0.5, 0.6) is 5.75 Å². The van der Waals surface area contributed by atoms with E-state index in [4.69, 9.17) is 9.72 Å². The van der Waals surface area contributed by atoms with E-state index in [0.717, 1.165) is 50.5 Å². The lowest BCUT2D eigenvalue weighted by molar-refractivity contribution is 0.0943. The van der Waals surface area contributed by atoms with Crippen LogP contribution in [0.3, 0.4) is 0 Å². The highest BCUT2D eigenvalue weighted by atomic mass is 19.1. The Morgan fingerprint density at radius 1 is 1.18 bits per heavy atom. The van der Waals surface area contributed by atoms with E-state index in [0.29, 0.717) is 35.4 Å². The minimum atomic E-state index is -0.560. The van der Waals surface area contributed by atoms with Gasteiger partial charge < -0.3 is 19.9 Å². The zero-order valence-electron chi connectivity index (χ0n) is 23.6. The van der Waals surface area contributed by atoms with E-state index >= 15 is 0 Å². The molecule has 0 saturated carbocycles. The molecule has 1 aliphatic rings. The highest BCUT2D eigenvalue weighted by Gasteiger charge is 2.28. The normalized spacial score (nSPS) is 15.1. The predicted molar refractivity (Wildman–Crippen MR) is 151 cm³/mol. The summed E-state index contributed by atoms with van der Waals surface area (Å²) in [5.41, 5.74) is 3.89. The number of ether oxygens (including phenoxy) is 1. The smallest absolute Gasteiger partial charge is 0.253 e. The summed E-state index contributed by atoms with van der Waals surface area (Å²) < 4.78 is 18.8. The van der Waals surface area contributed by atoms with Gasteiger partial charge in [-0.05, 0) is 87.9 Å². The van der Waals surface area contributed by atoms with Crippen LogP contribution in [0.15, 0.2) is 42.9 Å². The van der Waals surface area contributed by atoms with Crippen molar-refractivity contribution < 1.29 is 13.9 Å². The number of aryl methyl sites for hydroxylation is 3. The number of methoxy groups -OCH3 is 1. The van der Waals surface area contributed by atoms with Crippen molar-refractivity contribution in [3.63, 3.8) is 0 Å². The zero-order chi connectivity index (χ0) is 27.9. The SMILES string of the molecule is COc1ccc(N(Cc2cnccc2C)C2CCN(C(C)CCNC(=O)c3c(C)cc(F)nc3C)CC2)nc1. The number of hydrogen-bond donors (Lipinski definition) is 1. The highest BCUT2D eigenvalue weighted by molar-refractivity contribution is 5.96. The topological polar surface area (TPSA) is 83.5 Å². The lowest BCUT2D eigenvalue weighted by Gasteiger charge is -2.41. The molecular formula is C30H39FN6O2. The second kappa shape index (κ2) is 13.0. The van der Waals surface area contributed by atoms with Crippen LogP contribution in [0.25, 0.3) is 0 Å². The third kappa shape index (κ3) is 7.09. The van der Waals surface area contributed by atoms with Crippen LogP contribution in [0.2, 0.25) is 0 Å². The summed E-state index contributed by atoms with van der Waals surface area (Å²) in [5.74, 6) is 0.925. The first-order valence-electron chi connectivity index (χ1n) is 13.6. The van der Waals surface area contributed by atoms with Gasteiger partial charge in [0.05, 0.1) is 24.6 Å². The van der Waals surface area contributed by atoms with Gasteiger partial charge in [-0.25, -0.2) is 9.97 Å². The summed E-state index contributed by atoms with van der Waals surface area (Å²) in [6.07, 6.45) is 8.42. The monoisotopic (exact) mass is 534 g/mol. The molecule has 1 fully saturated rings. The third-order valence-electron chi connectivity index (χ3n) is 7.74. The van der Waals surface area contributed by atoms with Crippen LogP contribution in [-0.2, 0) is 6.54 Å². The van der Waals surface area contributed by atoms with Gasteiger partial charge in [-0.2, -0.15) is 4.39 Å². The molecule has 0 bridgehead atoms. The highest BCUT2D eigenvalue weighted by Crippen LogP contribution is 2.27. The zero-order valence-corrected chi connectivity index (χ0v) is 23.6. The Morgan fingerprint density at radius 3 is 2.59 bits per heavy atom. The molecule has 0 spiro atoms. The van der Waals surface area contributed by atoms with Gasteiger partial charge in [0, 0.05) is 50.7 Å². The molecule has 4 heterocycles. The van der Waals surface area contributed by atoms with E-state index in [1.807, 2.05) is 30.6 Å². The molecule has 208 valence electrons. The fraction of sp³-hybridized carbons (Fsp3) is 0.467. The van der Waals surface area contributed by atoms with Crippen molar-refractivity contribution >= 4 is 11.7 Å². The number of halogens is 1. The fourth-order valence-electron chi connectivity index (χ4n) is 5.34. The molecule has 9 heteroatoms. The standard InChI is InChI=1S/C30H39FN6O2/c1-20-8-12-32-17-24(20)19-37(28-7-6-26(39-5)18-34-28)25-10-14-36(15-11-25)22(3)9-13-33-30(38)29-21(2)16-27(31)35-23(29)4/h6-8,12,16-18,22,25H,9-11,13-15,19H2,1-5H3,(H,33,38). The van der Waals surface area contributed by atoms with Gasteiger partial charge >= 0.3 is 0 Å². The van der Waals surface area contributed by atoms with Crippen LogP contribution in [0, 0.1) is 26.7 Å². The number of hydrogen-bond acceptors (Lipinski definition) is 7. The molecule has 0 aromatic carbocycles. The second-order valence-corrected chi connectivity index (χ2v) is 10.4. The van der Waals surface area contributed by atoms with E-state index in [9.17, 15) is 9.18 Å². The molecule has 1 saturated heterocycles. The Bertz CT molecular complexity index is 1240. The van der Waals surface area contributed by atoms with Gasteiger partial charge in [0.2, 0.25) is 5.95 Å². The number of likely N-dealkylation sites (tertiary alicyclic amines) is 1. The molecule has 3 aromatic heterocycles.